The molecule has 1 heterocycles. The van der Waals surface area contributed by atoms with Crippen molar-refractivity contribution in [2.75, 3.05) is 19.5 Å². The second kappa shape index (κ2) is 4.67. The fourth-order valence-electron chi connectivity index (χ4n) is 1.71. The minimum atomic E-state index is 0.661. The highest BCUT2D eigenvalue weighted by atomic mass is 35.5. The number of aromatic amines is 1. The highest BCUT2D eigenvalue weighted by Crippen LogP contribution is 2.33. The zero-order valence-electron chi connectivity index (χ0n) is 9.97. The molecule has 0 radical (unpaired) electrons. The summed E-state index contributed by atoms with van der Waals surface area (Å²) in [5.41, 5.74) is 2.69. The molecule has 0 saturated heterocycles. The van der Waals surface area contributed by atoms with E-state index in [0.29, 0.717) is 5.02 Å². The van der Waals surface area contributed by atoms with Gasteiger partial charge < -0.3 is 15.0 Å². The van der Waals surface area contributed by atoms with Crippen LogP contribution < -0.4 is 10.1 Å². The maximum Gasteiger partial charge on any atom is 0.200 e. The van der Waals surface area contributed by atoms with E-state index in [0.717, 1.165) is 28.6 Å². The molecule has 5 heteroatoms. The van der Waals surface area contributed by atoms with E-state index < -0.39 is 0 Å². The number of imidazole rings is 1. The summed E-state index contributed by atoms with van der Waals surface area (Å²) in [6.07, 6.45) is 0. The van der Waals surface area contributed by atoms with Crippen molar-refractivity contribution in [1.82, 2.24) is 9.97 Å². The maximum atomic E-state index is 6.01. The number of H-pyrrole nitrogens is 1. The van der Waals surface area contributed by atoms with Crippen LogP contribution in [0, 0.1) is 6.92 Å². The van der Waals surface area contributed by atoms with E-state index >= 15 is 0 Å². The smallest absolute Gasteiger partial charge is 0.200 e. The third kappa shape index (κ3) is 2.22. The molecule has 2 rings (SSSR count). The van der Waals surface area contributed by atoms with Gasteiger partial charge in [-0.2, -0.15) is 0 Å². The van der Waals surface area contributed by atoms with E-state index in [9.17, 15) is 0 Å². The van der Waals surface area contributed by atoms with Gasteiger partial charge >= 0.3 is 0 Å². The molecule has 90 valence electrons. The van der Waals surface area contributed by atoms with Crippen molar-refractivity contribution in [2.45, 2.75) is 6.92 Å². The first-order valence-corrected chi connectivity index (χ1v) is 5.61. The predicted octanol–water partition coefficient (Wildman–Crippen LogP) is 3.09. The van der Waals surface area contributed by atoms with E-state index in [1.54, 1.807) is 13.2 Å². The van der Waals surface area contributed by atoms with Crippen LogP contribution in [0.3, 0.4) is 0 Å². The Labute approximate surface area is 105 Å². The first-order valence-electron chi connectivity index (χ1n) is 5.24. The van der Waals surface area contributed by atoms with Crippen LogP contribution in [-0.2, 0) is 0 Å². The fourth-order valence-corrected chi connectivity index (χ4v) is 1.88. The molecule has 0 saturated carbocycles. The van der Waals surface area contributed by atoms with E-state index in [-0.39, 0.29) is 0 Å². The monoisotopic (exact) mass is 251 g/mol. The molecule has 0 spiro atoms. The number of hydrogen-bond acceptors (Lipinski definition) is 3. The Hall–Kier alpha value is -1.68. The van der Waals surface area contributed by atoms with Gasteiger partial charge in [0.15, 0.2) is 0 Å². The number of benzene rings is 1. The van der Waals surface area contributed by atoms with Crippen molar-refractivity contribution in [3.05, 3.63) is 28.9 Å². The van der Waals surface area contributed by atoms with Crippen molar-refractivity contribution in [1.29, 1.82) is 0 Å². The number of nitrogens with zero attached hydrogens (tertiary/aromatic N) is 1. The summed E-state index contributed by atoms with van der Waals surface area (Å²) in [5.74, 6) is 1.48. The number of ether oxygens (including phenoxy) is 1. The number of nitrogens with one attached hydrogen (secondary N) is 2. The Kier molecular flexibility index (Phi) is 3.24. The van der Waals surface area contributed by atoms with Crippen molar-refractivity contribution < 1.29 is 4.74 Å². The Morgan fingerprint density at radius 2 is 2.18 bits per heavy atom. The average Bonchev–Trinajstić information content (AvgIpc) is 2.70. The number of hydrogen-bond donors (Lipinski definition) is 2. The first-order chi connectivity index (χ1) is 8.15. The molecule has 4 nitrogen and oxygen atoms in total. The van der Waals surface area contributed by atoms with Crippen LogP contribution in [-0.4, -0.2) is 24.1 Å². The zero-order valence-corrected chi connectivity index (χ0v) is 10.7. The lowest BCUT2D eigenvalue weighted by Crippen LogP contribution is -1.90. The molecular weight excluding hydrogens is 238 g/mol. The second-order valence-corrected chi connectivity index (χ2v) is 4.09. The third-order valence-electron chi connectivity index (χ3n) is 2.54. The number of halogens is 1. The average molecular weight is 252 g/mol. The lowest BCUT2D eigenvalue weighted by atomic mass is 10.1. The summed E-state index contributed by atoms with van der Waals surface area (Å²) in [6.45, 7) is 1.96. The van der Waals surface area contributed by atoms with E-state index in [1.165, 1.54) is 0 Å². The maximum absolute atomic E-state index is 6.01. The summed E-state index contributed by atoms with van der Waals surface area (Å²) in [5, 5.41) is 3.63. The van der Waals surface area contributed by atoms with E-state index in [2.05, 4.69) is 15.3 Å². The van der Waals surface area contributed by atoms with Crippen LogP contribution in [0.2, 0.25) is 5.02 Å². The third-order valence-corrected chi connectivity index (χ3v) is 2.77. The van der Waals surface area contributed by atoms with E-state index in [1.807, 2.05) is 26.1 Å². The van der Waals surface area contributed by atoms with Gasteiger partial charge in [-0.1, -0.05) is 11.6 Å². The van der Waals surface area contributed by atoms with Crippen LogP contribution in [0.1, 0.15) is 5.69 Å². The topological polar surface area (TPSA) is 49.9 Å². The van der Waals surface area contributed by atoms with E-state index in [4.69, 9.17) is 16.3 Å². The van der Waals surface area contributed by atoms with Crippen LogP contribution in [0.5, 0.6) is 5.75 Å². The number of anilines is 1. The Morgan fingerprint density at radius 1 is 1.41 bits per heavy atom. The Balaban J connectivity index is 2.58. The molecule has 0 aliphatic rings. The van der Waals surface area contributed by atoms with Crippen molar-refractivity contribution in [3.63, 3.8) is 0 Å². The summed E-state index contributed by atoms with van der Waals surface area (Å²) in [6, 6.07) is 5.48. The largest absolute Gasteiger partial charge is 0.496 e. The van der Waals surface area contributed by atoms with Crippen LogP contribution in [0.4, 0.5) is 5.95 Å². The highest BCUT2D eigenvalue weighted by Gasteiger charge is 2.13. The number of rotatable bonds is 3. The van der Waals surface area contributed by atoms with Gasteiger partial charge in [0.2, 0.25) is 5.95 Å². The van der Waals surface area contributed by atoms with Gasteiger partial charge in [0, 0.05) is 23.3 Å². The molecule has 0 fully saturated rings. The summed E-state index contributed by atoms with van der Waals surface area (Å²) in [7, 11) is 3.45. The van der Waals surface area contributed by atoms with Gasteiger partial charge in [-0.3, -0.25) is 0 Å². The van der Waals surface area contributed by atoms with Gasteiger partial charge in [0.1, 0.15) is 5.75 Å². The Morgan fingerprint density at radius 3 is 2.76 bits per heavy atom. The molecule has 0 aliphatic carbocycles. The number of methoxy groups -OCH3 is 1. The van der Waals surface area contributed by atoms with Gasteiger partial charge in [-0.15, -0.1) is 0 Å². The lowest BCUT2D eigenvalue weighted by molar-refractivity contribution is 0.416. The van der Waals surface area contributed by atoms with Crippen LogP contribution in [0.25, 0.3) is 11.3 Å². The number of aryl methyl sites for hydroxylation is 1. The van der Waals surface area contributed by atoms with Crippen molar-refractivity contribution in [3.8, 4) is 17.0 Å². The minimum Gasteiger partial charge on any atom is -0.496 e. The quantitative estimate of drug-likeness (QED) is 0.881. The molecule has 0 aliphatic heterocycles. The highest BCUT2D eigenvalue weighted by molar-refractivity contribution is 6.31. The number of aromatic nitrogens is 2. The molecule has 0 unspecified atom stereocenters. The van der Waals surface area contributed by atoms with Gasteiger partial charge in [-0.05, 0) is 25.1 Å². The van der Waals surface area contributed by atoms with Gasteiger partial charge in [0.25, 0.3) is 0 Å². The van der Waals surface area contributed by atoms with Crippen LogP contribution >= 0.6 is 11.6 Å². The first kappa shape index (κ1) is 11.8. The molecule has 1 aromatic carbocycles. The molecule has 2 aromatic rings. The van der Waals surface area contributed by atoms with Gasteiger partial charge in [0.05, 0.1) is 12.8 Å². The van der Waals surface area contributed by atoms with Crippen molar-refractivity contribution in [2.24, 2.45) is 0 Å². The predicted molar refractivity (Wildman–Crippen MR) is 69.9 cm³/mol. The normalized spacial score (nSPS) is 10.4. The summed E-state index contributed by atoms with van der Waals surface area (Å²) in [4.78, 5) is 7.59. The van der Waals surface area contributed by atoms with Crippen LogP contribution in [0.15, 0.2) is 18.2 Å². The van der Waals surface area contributed by atoms with Crippen molar-refractivity contribution >= 4 is 17.5 Å². The standard InChI is InChI=1S/C12H14ClN3O/c1-7-11(16-12(14-2)15-7)9-6-8(13)4-5-10(9)17-3/h4-6H,1-3H3,(H2,14,15,16). The van der Waals surface area contributed by atoms with Gasteiger partial charge in [-0.25, -0.2) is 4.98 Å². The SMILES string of the molecule is CNc1nc(-c2cc(Cl)ccc2OC)c(C)[nH]1. The molecule has 1 aromatic heterocycles. The lowest BCUT2D eigenvalue weighted by Gasteiger charge is -2.07. The fraction of sp³-hybridized carbons (Fsp3) is 0.250. The molecular formula is C12H14ClN3O. The summed E-state index contributed by atoms with van der Waals surface area (Å²) < 4.78 is 5.32. The molecule has 17 heavy (non-hydrogen) atoms. The molecule has 0 amide bonds. The molecule has 0 atom stereocenters. The Bertz CT molecular complexity index is 537. The second-order valence-electron chi connectivity index (χ2n) is 3.65. The summed E-state index contributed by atoms with van der Waals surface area (Å²) >= 11 is 6.01. The molecule has 2 N–H and O–H groups in total. The zero-order chi connectivity index (χ0) is 12.4. The molecule has 0 bridgehead atoms. The minimum absolute atomic E-state index is 0.661.